The van der Waals surface area contributed by atoms with E-state index in [2.05, 4.69) is 21.3 Å². The van der Waals surface area contributed by atoms with E-state index in [1.807, 2.05) is 18.5 Å². The van der Waals surface area contributed by atoms with Gasteiger partial charge >= 0.3 is 0 Å². The minimum absolute atomic E-state index is 0.364. The lowest BCUT2D eigenvalue weighted by Gasteiger charge is -2.35. The van der Waals surface area contributed by atoms with E-state index < -0.39 is 0 Å². The van der Waals surface area contributed by atoms with E-state index in [9.17, 15) is 0 Å². The standard InChI is InChI=1S/C15H23N3O/c1-3-13(9-16-6-1)5-7-17-10-15-11-18-8-2-4-14(18)12-19-15/h1,3,6,9,14-15,17H,2,4-5,7-8,10-12H2. The van der Waals surface area contributed by atoms with Gasteiger partial charge in [0.15, 0.2) is 0 Å². The van der Waals surface area contributed by atoms with Crippen molar-refractivity contribution in [3.8, 4) is 0 Å². The Balaban J connectivity index is 1.34. The average molecular weight is 261 g/mol. The van der Waals surface area contributed by atoms with Crippen molar-refractivity contribution in [1.29, 1.82) is 0 Å². The van der Waals surface area contributed by atoms with E-state index in [1.54, 1.807) is 0 Å². The van der Waals surface area contributed by atoms with Crippen molar-refractivity contribution in [2.45, 2.75) is 31.4 Å². The molecule has 2 unspecified atom stereocenters. The zero-order valence-electron chi connectivity index (χ0n) is 11.4. The van der Waals surface area contributed by atoms with Gasteiger partial charge in [0, 0.05) is 31.5 Å². The fraction of sp³-hybridized carbons (Fsp3) is 0.667. The van der Waals surface area contributed by atoms with Crippen LogP contribution in [-0.2, 0) is 11.2 Å². The van der Waals surface area contributed by atoms with Crippen molar-refractivity contribution in [1.82, 2.24) is 15.2 Å². The second-order valence-corrected chi connectivity index (χ2v) is 5.56. The maximum atomic E-state index is 5.93. The van der Waals surface area contributed by atoms with Crippen molar-refractivity contribution in [2.75, 3.05) is 32.8 Å². The zero-order valence-corrected chi connectivity index (χ0v) is 11.4. The molecule has 4 heteroatoms. The van der Waals surface area contributed by atoms with Crippen LogP contribution in [0.5, 0.6) is 0 Å². The SMILES string of the molecule is c1cncc(CCNCC2CN3CCCC3CO2)c1. The molecule has 104 valence electrons. The van der Waals surface area contributed by atoms with Gasteiger partial charge in [0.25, 0.3) is 0 Å². The Morgan fingerprint density at radius 2 is 2.47 bits per heavy atom. The maximum Gasteiger partial charge on any atom is 0.0826 e. The molecule has 19 heavy (non-hydrogen) atoms. The number of fused-ring (bicyclic) bond motifs is 1. The highest BCUT2D eigenvalue weighted by molar-refractivity contribution is 5.08. The Kier molecular flexibility index (Phi) is 4.43. The summed E-state index contributed by atoms with van der Waals surface area (Å²) in [5.41, 5.74) is 1.29. The molecule has 0 aliphatic carbocycles. The van der Waals surface area contributed by atoms with Gasteiger partial charge in [-0.1, -0.05) is 6.07 Å². The molecule has 3 heterocycles. The third-order valence-corrected chi connectivity index (χ3v) is 4.15. The van der Waals surface area contributed by atoms with Crippen LogP contribution in [0.4, 0.5) is 0 Å². The Morgan fingerprint density at radius 1 is 1.47 bits per heavy atom. The lowest BCUT2D eigenvalue weighted by atomic mass is 10.2. The molecule has 0 aromatic carbocycles. The summed E-state index contributed by atoms with van der Waals surface area (Å²) in [6.45, 7) is 5.25. The molecular weight excluding hydrogens is 238 g/mol. The molecule has 2 aliphatic heterocycles. The van der Waals surface area contributed by atoms with Gasteiger partial charge in [0.05, 0.1) is 12.7 Å². The molecule has 2 fully saturated rings. The van der Waals surface area contributed by atoms with Crippen LogP contribution in [0.15, 0.2) is 24.5 Å². The Morgan fingerprint density at radius 3 is 3.37 bits per heavy atom. The van der Waals surface area contributed by atoms with E-state index in [0.29, 0.717) is 12.1 Å². The summed E-state index contributed by atoms with van der Waals surface area (Å²) in [6.07, 6.45) is 7.82. The average Bonchev–Trinajstić information content (AvgIpc) is 2.92. The summed E-state index contributed by atoms with van der Waals surface area (Å²) >= 11 is 0. The molecule has 0 bridgehead atoms. The van der Waals surface area contributed by atoms with Gasteiger partial charge in [0.1, 0.15) is 0 Å². The molecule has 0 radical (unpaired) electrons. The smallest absolute Gasteiger partial charge is 0.0826 e. The molecule has 2 aliphatic rings. The molecule has 2 atom stereocenters. The van der Waals surface area contributed by atoms with Gasteiger partial charge in [-0.3, -0.25) is 9.88 Å². The second-order valence-electron chi connectivity index (χ2n) is 5.56. The largest absolute Gasteiger partial charge is 0.374 e. The number of hydrogen-bond donors (Lipinski definition) is 1. The van der Waals surface area contributed by atoms with E-state index in [4.69, 9.17) is 4.74 Å². The van der Waals surface area contributed by atoms with Gasteiger partial charge in [-0.15, -0.1) is 0 Å². The van der Waals surface area contributed by atoms with Crippen LogP contribution in [0, 0.1) is 0 Å². The first-order valence-electron chi connectivity index (χ1n) is 7.37. The lowest BCUT2D eigenvalue weighted by molar-refractivity contribution is -0.0468. The number of ether oxygens (including phenoxy) is 1. The third kappa shape index (κ3) is 3.53. The Bertz CT molecular complexity index is 384. The first-order valence-corrected chi connectivity index (χ1v) is 7.37. The zero-order chi connectivity index (χ0) is 12.9. The van der Waals surface area contributed by atoms with E-state index in [0.717, 1.165) is 32.7 Å². The summed E-state index contributed by atoms with van der Waals surface area (Å²) in [4.78, 5) is 6.72. The topological polar surface area (TPSA) is 37.4 Å². The van der Waals surface area contributed by atoms with Crippen molar-refractivity contribution in [2.24, 2.45) is 0 Å². The van der Waals surface area contributed by atoms with Crippen molar-refractivity contribution >= 4 is 0 Å². The molecule has 2 saturated heterocycles. The van der Waals surface area contributed by atoms with Gasteiger partial charge in [-0.05, 0) is 44.0 Å². The number of nitrogens with one attached hydrogen (secondary N) is 1. The van der Waals surface area contributed by atoms with Crippen LogP contribution in [0.25, 0.3) is 0 Å². The highest BCUT2D eigenvalue weighted by Crippen LogP contribution is 2.22. The summed E-state index contributed by atoms with van der Waals surface area (Å²) in [6, 6.07) is 4.82. The Hall–Kier alpha value is -0.970. The normalized spacial score (nSPS) is 27.4. The van der Waals surface area contributed by atoms with E-state index in [1.165, 1.54) is 24.9 Å². The van der Waals surface area contributed by atoms with E-state index >= 15 is 0 Å². The summed E-state index contributed by atoms with van der Waals surface area (Å²) in [5, 5.41) is 3.50. The van der Waals surface area contributed by atoms with Crippen LogP contribution in [0.2, 0.25) is 0 Å². The quantitative estimate of drug-likeness (QED) is 0.805. The van der Waals surface area contributed by atoms with Gasteiger partial charge in [-0.25, -0.2) is 0 Å². The summed E-state index contributed by atoms with van der Waals surface area (Å²) < 4.78 is 5.93. The van der Waals surface area contributed by atoms with Gasteiger partial charge in [0.2, 0.25) is 0 Å². The number of nitrogens with zero attached hydrogens (tertiary/aromatic N) is 2. The predicted octanol–water partition coefficient (Wildman–Crippen LogP) is 1.08. The molecule has 3 rings (SSSR count). The fourth-order valence-electron chi connectivity index (χ4n) is 3.05. The fourth-order valence-corrected chi connectivity index (χ4v) is 3.05. The van der Waals surface area contributed by atoms with Crippen molar-refractivity contribution in [3.05, 3.63) is 30.1 Å². The molecule has 1 aromatic heterocycles. The molecular formula is C15H23N3O. The maximum absolute atomic E-state index is 5.93. The number of pyridine rings is 1. The lowest BCUT2D eigenvalue weighted by Crippen LogP contribution is -2.49. The van der Waals surface area contributed by atoms with Gasteiger partial charge in [-0.2, -0.15) is 0 Å². The minimum Gasteiger partial charge on any atom is -0.374 e. The third-order valence-electron chi connectivity index (χ3n) is 4.15. The molecule has 0 amide bonds. The van der Waals surface area contributed by atoms with Crippen molar-refractivity contribution < 1.29 is 4.74 Å². The predicted molar refractivity (Wildman–Crippen MR) is 75.1 cm³/mol. The number of rotatable bonds is 5. The number of aromatic nitrogens is 1. The molecule has 1 N–H and O–H groups in total. The molecule has 4 nitrogen and oxygen atoms in total. The molecule has 0 spiro atoms. The van der Waals surface area contributed by atoms with Crippen LogP contribution in [0.3, 0.4) is 0 Å². The molecule has 0 saturated carbocycles. The molecule has 1 aromatic rings. The second kappa shape index (κ2) is 6.46. The minimum atomic E-state index is 0.364. The van der Waals surface area contributed by atoms with Gasteiger partial charge < -0.3 is 10.1 Å². The summed E-state index contributed by atoms with van der Waals surface area (Å²) in [7, 11) is 0. The first kappa shape index (κ1) is 13.0. The first-order chi connectivity index (χ1) is 9.42. The number of hydrogen-bond acceptors (Lipinski definition) is 4. The van der Waals surface area contributed by atoms with Crippen LogP contribution in [-0.4, -0.2) is 54.8 Å². The summed E-state index contributed by atoms with van der Waals surface area (Å²) in [5.74, 6) is 0. The highest BCUT2D eigenvalue weighted by Gasteiger charge is 2.31. The van der Waals surface area contributed by atoms with Crippen molar-refractivity contribution in [3.63, 3.8) is 0 Å². The van der Waals surface area contributed by atoms with Crippen LogP contribution >= 0.6 is 0 Å². The van der Waals surface area contributed by atoms with Crippen LogP contribution in [0.1, 0.15) is 18.4 Å². The Labute approximate surface area is 115 Å². The highest BCUT2D eigenvalue weighted by atomic mass is 16.5. The van der Waals surface area contributed by atoms with Crippen LogP contribution < -0.4 is 5.32 Å². The van der Waals surface area contributed by atoms with E-state index in [-0.39, 0.29) is 0 Å². The number of morpholine rings is 1. The monoisotopic (exact) mass is 261 g/mol.